The molecule has 0 aliphatic carbocycles. The summed E-state index contributed by atoms with van der Waals surface area (Å²) in [6, 6.07) is 9.76. The highest BCUT2D eigenvalue weighted by Gasteiger charge is 2.35. The summed E-state index contributed by atoms with van der Waals surface area (Å²) in [5.41, 5.74) is 2.16. The monoisotopic (exact) mass is 521 g/mol. The van der Waals surface area contributed by atoms with E-state index in [-0.39, 0.29) is 17.2 Å². The number of aromatic hydroxyl groups is 1. The molecule has 1 aliphatic rings. The maximum Gasteiger partial charge on any atom is 0.329 e. The predicted molar refractivity (Wildman–Crippen MR) is 120 cm³/mol. The van der Waals surface area contributed by atoms with Crippen LogP contribution in [-0.2, 0) is 9.59 Å². The van der Waals surface area contributed by atoms with E-state index in [0.29, 0.717) is 21.4 Å². The van der Waals surface area contributed by atoms with Crippen molar-refractivity contribution in [3.63, 3.8) is 0 Å². The van der Waals surface area contributed by atoms with Gasteiger partial charge in [0.05, 0.1) is 10.2 Å². The number of benzene rings is 2. The van der Waals surface area contributed by atoms with E-state index in [1.165, 1.54) is 6.08 Å². The number of nitrogens with one attached hydrogen (secondary N) is 2. The summed E-state index contributed by atoms with van der Waals surface area (Å²) < 4.78 is 5.93. The van der Waals surface area contributed by atoms with Gasteiger partial charge in [0, 0.05) is 5.69 Å². The van der Waals surface area contributed by atoms with Crippen LogP contribution < -0.4 is 15.4 Å². The lowest BCUT2D eigenvalue weighted by Gasteiger charge is -2.12. The number of phenols is 1. The van der Waals surface area contributed by atoms with Crippen LogP contribution >= 0.6 is 22.6 Å². The lowest BCUT2D eigenvalue weighted by atomic mass is 10.1. The Morgan fingerprint density at radius 2 is 2.07 bits per heavy atom. The molecule has 0 atom stereocenters. The van der Waals surface area contributed by atoms with Gasteiger partial charge in [-0.2, -0.15) is 0 Å². The van der Waals surface area contributed by atoms with Crippen molar-refractivity contribution in [3.8, 4) is 11.5 Å². The molecule has 1 fully saturated rings. The number of aryl methyl sites for hydroxylation is 1. The molecule has 1 heterocycles. The van der Waals surface area contributed by atoms with Crippen LogP contribution in [0.15, 0.2) is 42.1 Å². The van der Waals surface area contributed by atoms with E-state index >= 15 is 0 Å². The zero-order valence-electron chi connectivity index (χ0n) is 16.4. The summed E-state index contributed by atoms with van der Waals surface area (Å²) in [7, 11) is 0. The number of carbonyl (C=O) groups excluding carboxylic acids is 3. The van der Waals surface area contributed by atoms with E-state index in [1.807, 2.05) is 35.6 Å². The van der Waals surface area contributed by atoms with Gasteiger partial charge < -0.3 is 20.5 Å². The molecule has 156 valence electrons. The Morgan fingerprint density at radius 1 is 1.30 bits per heavy atom. The molecular formula is C21H20IN3O5. The Kier molecular flexibility index (Phi) is 6.60. The summed E-state index contributed by atoms with van der Waals surface area (Å²) in [5.74, 6) is -0.804. The van der Waals surface area contributed by atoms with E-state index in [0.717, 1.165) is 10.5 Å². The van der Waals surface area contributed by atoms with E-state index in [4.69, 9.17) is 4.74 Å². The van der Waals surface area contributed by atoms with E-state index in [1.54, 1.807) is 37.3 Å². The summed E-state index contributed by atoms with van der Waals surface area (Å²) in [6.07, 6.45) is 1.48. The summed E-state index contributed by atoms with van der Waals surface area (Å²) in [5, 5.41) is 15.2. The molecule has 1 saturated heterocycles. The van der Waals surface area contributed by atoms with Gasteiger partial charge in [0.15, 0.2) is 11.5 Å². The molecule has 2 aromatic carbocycles. The van der Waals surface area contributed by atoms with Crippen LogP contribution in [0.4, 0.5) is 10.5 Å². The number of halogens is 1. The van der Waals surface area contributed by atoms with E-state index < -0.39 is 24.4 Å². The van der Waals surface area contributed by atoms with Crippen molar-refractivity contribution in [2.45, 2.75) is 13.8 Å². The average molecular weight is 521 g/mol. The molecule has 2 aromatic rings. The number of urea groups is 1. The number of hydrogen-bond donors (Lipinski definition) is 3. The first-order valence-electron chi connectivity index (χ1n) is 9.15. The molecule has 0 unspecified atom stereocenters. The zero-order valence-corrected chi connectivity index (χ0v) is 18.5. The Balaban J connectivity index is 1.75. The van der Waals surface area contributed by atoms with Gasteiger partial charge in [0.1, 0.15) is 12.2 Å². The third-order valence-corrected chi connectivity index (χ3v) is 5.05. The Morgan fingerprint density at radius 3 is 2.77 bits per heavy atom. The van der Waals surface area contributed by atoms with Crippen LogP contribution in [0.2, 0.25) is 0 Å². The minimum absolute atomic E-state index is 0.0100. The molecule has 0 saturated carbocycles. The minimum Gasteiger partial charge on any atom is -0.504 e. The van der Waals surface area contributed by atoms with Crippen LogP contribution in [0, 0.1) is 10.5 Å². The SMILES string of the molecule is CCOc1cc(/C=C2\NC(=O)N(CC(=O)Nc3cccc(C)c3)C2=O)cc(I)c1O. The first-order valence-corrected chi connectivity index (χ1v) is 10.2. The van der Waals surface area contributed by atoms with Crippen molar-refractivity contribution in [2.75, 3.05) is 18.5 Å². The Bertz CT molecular complexity index is 1050. The number of anilines is 1. The number of imide groups is 1. The lowest BCUT2D eigenvalue weighted by molar-refractivity contribution is -0.127. The summed E-state index contributed by atoms with van der Waals surface area (Å²) in [6.45, 7) is 3.64. The summed E-state index contributed by atoms with van der Waals surface area (Å²) in [4.78, 5) is 38.0. The molecular weight excluding hydrogens is 501 g/mol. The summed E-state index contributed by atoms with van der Waals surface area (Å²) >= 11 is 1.95. The second-order valence-corrected chi connectivity index (χ2v) is 7.74. The van der Waals surface area contributed by atoms with Gasteiger partial charge in [-0.25, -0.2) is 9.69 Å². The van der Waals surface area contributed by atoms with Crippen molar-refractivity contribution in [1.82, 2.24) is 10.2 Å². The molecule has 0 bridgehead atoms. The van der Waals surface area contributed by atoms with Crippen LogP contribution in [0.5, 0.6) is 11.5 Å². The maximum absolute atomic E-state index is 12.6. The van der Waals surface area contributed by atoms with Crippen LogP contribution in [-0.4, -0.2) is 41.0 Å². The molecule has 8 nitrogen and oxygen atoms in total. The minimum atomic E-state index is -0.677. The van der Waals surface area contributed by atoms with Gasteiger partial charge in [-0.1, -0.05) is 12.1 Å². The highest BCUT2D eigenvalue weighted by Crippen LogP contribution is 2.33. The standard InChI is InChI=1S/C21H20IN3O5/c1-3-30-17-10-13(8-15(22)19(17)27)9-16-20(28)25(21(29)24-16)11-18(26)23-14-6-4-5-12(2)7-14/h4-10,27H,3,11H2,1-2H3,(H,23,26)(H,24,29)/b16-9-. The number of ether oxygens (including phenoxy) is 1. The molecule has 0 spiro atoms. The fourth-order valence-corrected chi connectivity index (χ4v) is 3.52. The predicted octanol–water partition coefficient (Wildman–Crippen LogP) is 3.24. The number of amides is 4. The Hall–Kier alpha value is -3.08. The topological polar surface area (TPSA) is 108 Å². The lowest BCUT2D eigenvalue weighted by Crippen LogP contribution is -2.38. The number of hydrogen-bond acceptors (Lipinski definition) is 5. The average Bonchev–Trinajstić information content (AvgIpc) is 2.93. The van der Waals surface area contributed by atoms with Gasteiger partial charge in [-0.15, -0.1) is 0 Å². The first-order chi connectivity index (χ1) is 14.3. The van der Waals surface area contributed by atoms with Crippen LogP contribution in [0.25, 0.3) is 6.08 Å². The van der Waals surface area contributed by atoms with Crippen LogP contribution in [0.3, 0.4) is 0 Å². The zero-order chi connectivity index (χ0) is 21.8. The van der Waals surface area contributed by atoms with Gasteiger partial charge >= 0.3 is 6.03 Å². The molecule has 30 heavy (non-hydrogen) atoms. The molecule has 1 aliphatic heterocycles. The number of phenolic OH excluding ortho intramolecular Hbond substituents is 1. The number of rotatable bonds is 6. The van der Waals surface area contributed by atoms with Crippen molar-refractivity contribution in [3.05, 3.63) is 56.8 Å². The van der Waals surface area contributed by atoms with Crippen molar-refractivity contribution < 1.29 is 24.2 Å². The van der Waals surface area contributed by atoms with Crippen molar-refractivity contribution in [1.29, 1.82) is 0 Å². The number of nitrogens with zero attached hydrogens (tertiary/aromatic N) is 1. The molecule has 3 rings (SSSR count). The van der Waals surface area contributed by atoms with Crippen molar-refractivity contribution in [2.24, 2.45) is 0 Å². The second-order valence-electron chi connectivity index (χ2n) is 6.58. The van der Waals surface area contributed by atoms with Gasteiger partial charge in [0.2, 0.25) is 5.91 Å². The third kappa shape index (κ3) is 4.90. The molecule has 4 amide bonds. The second kappa shape index (κ2) is 9.16. The van der Waals surface area contributed by atoms with Crippen molar-refractivity contribution >= 4 is 52.2 Å². The van der Waals surface area contributed by atoms with Gasteiger partial charge in [-0.3, -0.25) is 9.59 Å². The normalized spacial score (nSPS) is 14.8. The molecule has 0 radical (unpaired) electrons. The fraction of sp³-hybridized carbons (Fsp3) is 0.190. The largest absolute Gasteiger partial charge is 0.504 e. The molecule has 9 heteroatoms. The number of carbonyl (C=O) groups is 3. The first kappa shape index (κ1) is 21.6. The smallest absolute Gasteiger partial charge is 0.329 e. The van der Waals surface area contributed by atoms with Gasteiger partial charge in [-0.05, 0) is 77.9 Å². The third-order valence-electron chi connectivity index (χ3n) is 4.23. The highest BCUT2D eigenvalue weighted by molar-refractivity contribution is 14.1. The highest BCUT2D eigenvalue weighted by atomic mass is 127. The Labute approximate surface area is 187 Å². The quantitative estimate of drug-likeness (QED) is 0.308. The van der Waals surface area contributed by atoms with E-state index in [9.17, 15) is 19.5 Å². The van der Waals surface area contributed by atoms with Gasteiger partial charge in [0.25, 0.3) is 5.91 Å². The maximum atomic E-state index is 12.6. The molecule has 0 aromatic heterocycles. The fourth-order valence-electron chi connectivity index (χ4n) is 2.89. The molecule has 3 N–H and O–H groups in total. The van der Waals surface area contributed by atoms with E-state index in [2.05, 4.69) is 10.6 Å². The van der Waals surface area contributed by atoms with Crippen LogP contribution in [0.1, 0.15) is 18.1 Å².